The van der Waals surface area contributed by atoms with Gasteiger partial charge in [-0.3, -0.25) is 14.4 Å². The first kappa shape index (κ1) is 22.9. The lowest BCUT2D eigenvalue weighted by molar-refractivity contribution is -0.145. The average Bonchev–Trinajstić information content (AvgIpc) is 2.73. The van der Waals surface area contributed by atoms with Crippen molar-refractivity contribution < 1.29 is 28.6 Å². The standard InChI is InChI=1S/C23H27NO6/c1-5-28-19-12-11-18(13-20(19)29-6-2)23(27)24-14-21(25)30-16(4)22(26)17-9-7-15(3)8-10-17/h7-13,16H,5-6,14H2,1-4H3,(H,24,27). The summed E-state index contributed by atoms with van der Waals surface area (Å²) in [4.78, 5) is 36.8. The lowest BCUT2D eigenvalue weighted by Crippen LogP contribution is -2.34. The summed E-state index contributed by atoms with van der Waals surface area (Å²) in [6.07, 6.45) is -0.952. The van der Waals surface area contributed by atoms with Crippen LogP contribution in [0.4, 0.5) is 0 Å². The number of aryl methyl sites for hydroxylation is 1. The summed E-state index contributed by atoms with van der Waals surface area (Å²) < 4.78 is 16.1. The van der Waals surface area contributed by atoms with Crippen LogP contribution in [0.1, 0.15) is 47.1 Å². The topological polar surface area (TPSA) is 90.9 Å². The van der Waals surface area contributed by atoms with Crippen LogP contribution >= 0.6 is 0 Å². The Morgan fingerprint density at radius 3 is 2.13 bits per heavy atom. The number of benzene rings is 2. The molecule has 1 N–H and O–H groups in total. The molecular weight excluding hydrogens is 386 g/mol. The van der Waals surface area contributed by atoms with Gasteiger partial charge in [0.25, 0.3) is 5.91 Å². The minimum absolute atomic E-state index is 0.303. The fourth-order valence-electron chi connectivity index (χ4n) is 2.69. The number of ether oxygens (including phenoxy) is 3. The van der Waals surface area contributed by atoms with E-state index in [0.717, 1.165) is 5.56 Å². The highest BCUT2D eigenvalue weighted by atomic mass is 16.5. The van der Waals surface area contributed by atoms with Crippen molar-refractivity contribution in [1.82, 2.24) is 5.32 Å². The maximum absolute atomic E-state index is 12.4. The van der Waals surface area contributed by atoms with Crippen molar-refractivity contribution in [3.63, 3.8) is 0 Å². The molecule has 0 spiro atoms. The molecule has 0 heterocycles. The van der Waals surface area contributed by atoms with E-state index in [0.29, 0.717) is 35.8 Å². The molecule has 0 bridgehead atoms. The maximum atomic E-state index is 12.4. The van der Waals surface area contributed by atoms with E-state index in [1.54, 1.807) is 30.3 Å². The van der Waals surface area contributed by atoms with Crippen LogP contribution in [0, 0.1) is 6.92 Å². The first-order valence-electron chi connectivity index (χ1n) is 9.83. The fraction of sp³-hybridized carbons (Fsp3) is 0.348. The van der Waals surface area contributed by atoms with Gasteiger partial charge >= 0.3 is 5.97 Å². The number of carbonyl (C=O) groups excluding carboxylic acids is 3. The van der Waals surface area contributed by atoms with Crippen LogP contribution in [-0.2, 0) is 9.53 Å². The Morgan fingerprint density at radius 2 is 1.50 bits per heavy atom. The Balaban J connectivity index is 1.92. The molecule has 160 valence electrons. The number of amides is 1. The normalized spacial score (nSPS) is 11.3. The van der Waals surface area contributed by atoms with Crippen LogP contribution in [0.5, 0.6) is 11.5 Å². The summed E-state index contributed by atoms with van der Waals surface area (Å²) in [5.74, 6) is -0.478. The SMILES string of the molecule is CCOc1ccc(C(=O)NCC(=O)OC(C)C(=O)c2ccc(C)cc2)cc1OCC. The van der Waals surface area contributed by atoms with Crippen LogP contribution < -0.4 is 14.8 Å². The van der Waals surface area contributed by atoms with Crippen molar-refractivity contribution in [2.24, 2.45) is 0 Å². The van der Waals surface area contributed by atoms with Gasteiger partial charge in [-0.05, 0) is 45.9 Å². The number of ketones is 1. The van der Waals surface area contributed by atoms with E-state index >= 15 is 0 Å². The number of rotatable bonds is 10. The molecule has 7 heteroatoms. The van der Waals surface area contributed by atoms with Crippen molar-refractivity contribution >= 4 is 17.7 Å². The van der Waals surface area contributed by atoms with E-state index in [1.807, 2.05) is 32.9 Å². The molecule has 0 fully saturated rings. The summed E-state index contributed by atoms with van der Waals surface area (Å²) in [6.45, 7) is 7.64. The van der Waals surface area contributed by atoms with Gasteiger partial charge in [-0.15, -0.1) is 0 Å². The van der Waals surface area contributed by atoms with Gasteiger partial charge in [0.15, 0.2) is 17.6 Å². The smallest absolute Gasteiger partial charge is 0.326 e. The van der Waals surface area contributed by atoms with Crippen LogP contribution in [0.3, 0.4) is 0 Å². The highest BCUT2D eigenvalue weighted by Gasteiger charge is 2.20. The van der Waals surface area contributed by atoms with E-state index in [2.05, 4.69) is 5.32 Å². The molecule has 2 aromatic rings. The van der Waals surface area contributed by atoms with Gasteiger partial charge in [-0.2, -0.15) is 0 Å². The summed E-state index contributed by atoms with van der Waals surface area (Å²) in [5.41, 5.74) is 1.81. The largest absolute Gasteiger partial charge is 0.490 e. The van der Waals surface area contributed by atoms with Crippen molar-refractivity contribution in [2.45, 2.75) is 33.8 Å². The van der Waals surface area contributed by atoms with Crippen molar-refractivity contribution in [1.29, 1.82) is 0 Å². The molecule has 1 unspecified atom stereocenters. The second-order valence-corrected chi connectivity index (χ2v) is 6.57. The van der Waals surface area contributed by atoms with Crippen LogP contribution in [0.25, 0.3) is 0 Å². The summed E-state index contributed by atoms with van der Waals surface area (Å²) in [7, 11) is 0. The van der Waals surface area contributed by atoms with Crippen LogP contribution in [-0.4, -0.2) is 43.5 Å². The molecule has 1 amide bonds. The van der Waals surface area contributed by atoms with E-state index in [1.165, 1.54) is 6.92 Å². The average molecular weight is 413 g/mol. The molecule has 1 atom stereocenters. The molecule has 0 aromatic heterocycles. The molecule has 2 aromatic carbocycles. The van der Waals surface area contributed by atoms with Crippen molar-refractivity contribution in [3.05, 3.63) is 59.2 Å². The Labute approximate surface area is 176 Å². The van der Waals surface area contributed by atoms with Gasteiger partial charge in [-0.25, -0.2) is 0 Å². The third-order valence-electron chi connectivity index (χ3n) is 4.21. The number of esters is 1. The zero-order valence-electron chi connectivity index (χ0n) is 17.7. The summed E-state index contributed by atoms with van der Waals surface area (Å²) in [5, 5.41) is 2.49. The number of hydrogen-bond donors (Lipinski definition) is 1. The molecule has 0 aliphatic heterocycles. The van der Waals surface area contributed by atoms with Gasteiger partial charge in [0.1, 0.15) is 6.54 Å². The first-order chi connectivity index (χ1) is 14.3. The fourth-order valence-corrected chi connectivity index (χ4v) is 2.69. The molecule has 30 heavy (non-hydrogen) atoms. The molecule has 0 saturated carbocycles. The number of carbonyl (C=O) groups is 3. The number of nitrogens with one attached hydrogen (secondary N) is 1. The Hall–Kier alpha value is -3.35. The summed E-state index contributed by atoms with van der Waals surface area (Å²) >= 11 is 0. The molecule has 2 rings (SSSR count). The minimum Gasteiger partial charge on any atom is -0.490 e. The highest BCUT2D eigenvalue weighted by Crippen LogP contribution is 2.28. The maximum Gasteiger partial charge on any atom is 0.326 e. The molecule has 0 saturated heterocycles. The lowest BCUT2D eigenvalue weighted by Gasteiger charge is -2.14. The highest BCUT2D eigenvalue weighted by molar-refractivity contribution is 6.00. The van der Waals surface area contributed by atoms with Crippen LogP contribution in [0.2, 0.25) is 0 Å². The second kappa shape index (κ2) is 11.0. The van der Waals surface area contributed by atoms with Crippen molar-refractivity contribution in [2.75, 3.05) is 19.8 Å². The molecule has 0 radical (unpaired) electrons. The van der Waals surface area contributed by atoms with E-state index in [4.69, 9.17) is 14.2 Å². The molecule has 7 nitrogen and oxygen atoms in total. The summed E-state index contributed by atoms with van der Waals surface area (Å²) in [6, 6.07) is 11.8. The molecular formula is C23H27NO6. The van der Waals surface area contributed by atoms with Gasteiger partial charge in [0, 0.05) is 11.1 Å². The quantitative estimate of drug-likeness (QED) is 0.475. The number of Topliss-reactive ketones (excluding diaryl/α,β-unsaturated/α-hetero) is 1. The molecule has 0 aliphatic carbocycles. The zero-order chi connectivity index (χ0) is 22.1. The monoisotopic (exact) mass is 413 g/mol. The second-order valence-electron chi connectivity index (χ2n) is 6.57. The van der Waals surface area contributed by atoms with Crippen molar-refractivity contribution in [3.8, 4) is 11.5 Å². The lowest BCUT2D eigenvalue weighted by atomic mass is 10.1. The van der Waals surface area contributed by atoms with E-state index < -0.39 is 18.0 Å². The van der Waals surface area contributed by atoms with Gasteiger partial charge in [0.2, 0.25) is 5.78 Å². The minimum atomic E-state index is -0.952. The van der Waals surface area contributed by atoms with Gasteiger partial charge in [-0.1, -0.05) is 29.8 Å². The van der Waals surface area contributed by atoms with Crippen LogP contribution in [0.15, 0.2) is 42.5 Å². The predicted molar refractivity (Wildman–Crippen MR) is 112 cm³/mol. The van der Waals surface area contributed by atoms with E-state index in [-0.39, 0.29) is 12.3 Å². The zero-order valence-corrected chi connectivity index (χ0v) is 17.7. The predicted octanol–water partition coefficient (Wildman–Crippen LogP) is 3.34. The van der Waals surface area contributed by atoms with E-state index in [9.17, 15) is 14.4 Å². The Kier molecular flexibility index (Phi) is 8.41. The Bertz CT molecular complexity index is 891. The van der Waals surface area contributed by atoms with Gasteiger partial charge in [0.05, 0.1) is 13.2 Å². The number of hydrogen-bond acceptors (Lipinski definition) is 6. The Morgan fingerprint density at radius 1 is 0.900 bits per heavy atom. The first-order valence-corrected chi connectivity index (χ1v) is 9.83. The molecule has 0 aliphatic rings. The third kappa shape index (κ3) is 6.34. The van der Waals surface area contributed by atoms with Gasteiger partial charge < -0.3 is 19.5 Å². The third-order valence-corrected chi connectivity index (χ3v) is 4.21.